The minimum Gasteiger partial charge on any atom is -0.482 e. The number of hydrogen-bond acceptors (Lipinski definition) is 5. The van der Waals surface area contributed by atoms with Crippen molar-refractivity contribution in [2.24, 2.45) is 0 Å². The molecule has 4 heterocycles. The van der Waals surface area contributed by atoms with Crippen LogP contribution in [-0.2, 0) is 6.54 Å². The fourth-order valence-corrected chi connectivity index (χ4v) is 4.71. The summed E-state index contributed by atoms with van der Waals surface area (Å²) < 4.78 is 8.20. The minimum atomic E-state index is -0.544. The second-order valence-electron chi connectivity index (χ2n) is 8.38. The number of H-pyrrole nitrogens is 1. The summed E-state index contributed by atoms with van der Waals surface area (Å²) in [6, 6.07) is 3.79. The van der Waals surface area contributed by atoms with E-state index < -0.39 is 5.60 Å². The number of hydrogen-bond donors (Lipinski definition) is 1. The second-order valence-corrected chi connectivity index (χ2v) is 8.38. The van der Waals surface area contributed by atoms with Gasteiger partial charge in [-0.15, -0.1) is 0 Å². The van der Waals surface area contributed by atoms with Crippen LogP contribution in [0.25, 0.3) is 10.9 Å². The van der Waals surface area contributed by atoms with Crippen LogP contribution in [0.5, 0.6) is 5.75 Å². The summed E-state index contributed by atoms with van der Waals surface area (Å²) in [5.74, 6) is 0.662. The van der Waals surface area contributed by atoms with Crippen molar-refractivity contribution in [1.29, 1.82) is 0 Å². The van der Waals surface area contributed by atoms with E-state index in [4.69, 9.17) is 4.74 Å². The van der Waals surface area contributed by atoms with Crippen molar-refractivity contribution in [3.8, 4) is 5.75 Å². The number of ketones is 1. The Hall–Kier alpha value is -3.16. The number of rotatable bonds is 2. The largest absolute Gasteiger partial charge is 0.482 e. The zero-order chi connectivity index (χ0) is 21.0. The molecule has 156 valence electrons. The number of aromatic amines is 1. The van der Waals surface area contributed by atoms with E-state index in [9.17, 15) is 9.59 Å². The quantitative estimate of drug-likeness (QED) is 0.705. The van der Waals surface area contributed by atoms with Crippen LogP contribution in [0.4, 0.5) is 0 Å². The number of fused-ring (bicyclic) bond motifs is 2. The van der Waals surface area contributed by atoms with Gasteiger partial charge in [-0.3, -0.25) is 19.4 Å². The number of nitrogens with one attached hydrogen (secondary N) is 1. The molecule has 1 saturated heterocycles. The number of nitrogens with zero attached hydrogens (tertiary/aromatic N) is 4. The Morgan fingerprint density at radius 3 is 2.77 bits per heavy atom. The molecule has 0 unspecified atom stereocenters. The number of carbonyl (C=O) groups excluding carboxylic acids is 2. The van der Waals surface area contributed by atoms with Gasteiger partial charge in [-0.05, 0) is 38.5 Å². The van der Waals surface area contributed by atoms with E-state index >= 15 is 0 Å². The van der Waals surface area contributed by atoms with E-state index in [1.807, 2.05) is 42.5 Å². The highest BCUT2D eigenvalue weighted by molar-refractivity contribution is 6.00. The molecule has 8 heteroatoms. The van der Waals surface area contributed by atoms with E-state index in [1.54, 1.807) is 6.20 Å². The first-order valence-electron chi connectivity index (χ1n) is 10.4. The molecule has 0 atom stereocenters. The number of amides is 1. The van der Waals surface area contributed by atoms with Crippen molar-refractivity contribution in [2.75, 3.05) is 13.1 Å². The maximum atomic E-state index is 13.1. The number of ether oxygens (including phenoxy) is 1. The normalized spacial score (nSPS) is 18.0. The third kappa shape index (κ3) is 2.81. The van der Waals surface area contributed by atoms with Gasteiger partial charge >= 0.3 is 0 Å². The van der Waals surface area contributed by atoms with Crippen LogP contribution in [-0.4, -0.2) is 55.3 Å². The van der Waals surface area contributed by atoms with Crippen LogP contribution in [0.15, 0.2) is 18.3 Å². The Morgan fingerprint density at radius 2 is 2.03 bits per heavy atom. The summed E-state index contributed by atoms with van der Waals surface area (Å²) in [6.45, 7) is 7.73. The van der Waals surface area contributed by atoms with Gasteiger partial charge in [-0.1, -0.05) is 0 Å². The highest BCUT2D eigenvalue weighted by Gasteiger charge is 2.45. The number of piperidine rings is 1. The Balaban J connectivity index is 1.35. The maximum Gasteiger partial charge on any atom is 0.253 e. The Labute approximate surface area is 174 Å². The maximum absolute atomic E-state index is 13.1. The SMILES string of the molecule is CCn1nc2c(c1C)OC1(CCN(C(=O)c3cc(C)c4[nH]ncc4c3)CC1)CC2=O. The molecule has 1 aromatic carbocycles. The highest BCUT2D eigenvalue weighted by atomic mass is 16.5. The number of Topliss-reactive ketones (excluding diaryl/α,β-unsaturated/α-hetero) is 1. The molecule has 1 amide bonds. The molecular formula is C22H25N5O3. The lowest BCUT2D eigenvalue weighted by Gasteiger charge is -2.43. The molecule has 2 aliphatic heterocycles. The van der Waals surface area contributed by atoms with Crippen LogP contribution < -0.4 is 4.74 Å². The van der Waals surface area contributed by atoms with E-state index in [-0.39, 0.29) is 11.7 Å². The number of carbonyl (C=O) groups is 2. The van der Waals surface area contributed by atoms with Gasteiger partial charge in [-0.25, -0.2) is 0 Å². The van der Waals surface area contributed by atoms with Gasteiger partial charge in [0.2, 0.25) is 0 Å². The molecule has 0 bridgehead atoms. The first kappa shape index (κ1) is 18.8. The van der Waals surface area contributed by atoms with Crippen LogP contribution in [0.3, 0.4) is 0 Å². The van der Waals surface area contributed by atoms with Gasteiger partial charge in [-0.2, -0.15) is 10.2 Å². The average Bonchev–Trinajstić information content (AvgIpc) is 3.33. The molecule has 2 aromatic heterocycles. The Kier molecular flexibility index (Phi) is 4.20. The third-order valence-corrected chi connectivity index (χ3v) is 6.47. The molecular weight excluding hydrogens is 382 g/mol. The summed E-state index contributed by atoms with van der Waals surface area (Å²) in [4.78, 5) is 27.7. The van der Waals surface area contributed by atoms with E-state index in [2.05, 4.69) is 15.3 Å². The lowest BCUT2D eigenvalue weighted by molar-refractivity contribution is -0.00628. The standard InChI is InChI=1S/C22H25N5O3/c1-4-27-14(3)20-19(25-27)17(28)11-22(30-20)5-7-26(8-6-22)21(29)15-9-13(2)18-16(10-15)12-23-24-18/h9-10,12H,4-8,11H2,1-3H3,(H,23,24). The van der Waals surface area contributed by atoms with Crippen molar-refractivity contribution in [2.45, 2.75) is 52.2 Å². The molecule has 30 heavy (non-hydrogen) atoms. The van der Waals surface area contributed by atoms with Gasteiger partial charge in [0, 0.05) is 43.4 Å². The molecule has 5 rings (SSSR count). The lowest BCUT2D eigenvalue weighted by Crippen LogP contribution is -2.52. The van der Waals surface area contributed by atoms with Gasteiger partial charge in [0.05, 0.1) is 23.8 Å². The highest BCUT2D eigenvalue weighted by Crippen LogP contribution is 2.41. The fraction of sp³-hybridized carbons (Fsp3) is 0.455. The summed E-state index contributed by atoms with van der Waals surface area (Å²) in [6.07, 6.45) is 3.33. The van der Waals surface area contributed by atoms with Gasteiger partial charge in [0.25, 0.3) is 5.91 Å². The first-order chi connectivity index (χ1) is 14.4. The van der Waals surface area contributed by atoms with Gasteiger partial charge in [0.1, 0.15) is 5.60 Å². The zero-order valence-electron chi connectivity index (χ0n) is 17.5. The van der Waals surface area contributed by atoms with E-state index in [1.165, 1.54) is 0 Å². The van der Waals surface area contributed by atoms with Crippen molar-refractivity contribution in [3.05, 3.63) is 40.8 Å². The lowest BCUT2D eigenvalue weighted by atomic mass is 9.83. The van der Waals surface area contributed by atoms with Gasteiger partial charge in [0.15, 0.2) is 17.2 Å². The minimum absolute atomic E-state index is 0.00820. The van der Waals surface area contributed by atoms with E-state index in [0.29, 0.717) is 55.9 Å². The third-order valence-electron chi connectivity index (χ3n) is 6.47. The molecule has 0 saturated carbocycles. The van der Waals surface area contributed by atoms with Crippen molar-refractivity contribution < 1.29 is 14.3 Å². The van der Waals surface area contributed by atoms with Crippen molar-refractivity contribution in [1.82, 2.24) is 24.9 Å². The van der Waals surface area contributed by atoms with Crippen LogP contribution in [0.2, 0.25) is 0 Å². The predicted molar refractivity (Wildman–Crippen MR) is 111 cm³/mol. The van der Waals surface area contributed by atoms with Gasteiger partial charge < -0.3 is 9.64 Å². The average molecular weight is 407 g/mol. The summed E-state index contributed by atoms with van der Waals surface area (Å²) in [7, 11) is 0. The van der Waals surface area contributed by atoms with Crippen molar-refractivity contribution in [3.63, 3.8) is 0 Å². The first-order valence-corrected chi connectivity index (χ1v) is 10.4. The van der Waals surface area contributed by atoms with Crippen LogP contribution in [0, 0.1) is 13.8 Å². The summed E-state index contributed by atoms with van der Waals surface area (Å²) >= 11 is 0. The number of likely N-dealkylation sites (tertiary alicyclic amines) is 1. The molecule has 0 radical (unpaired) electrons. The molecule has 1 spiro atoms. The van der Waals surface area contributed by atoms with Crippen LogP contribution >= 0.6 is 0 Å². The molecule has 1 N–H and O–H groups in total. The van der Waals surface area contributed by atoms with Crippen LogP contribution in [0.1, 0.15) is 58.3 Å². The number of aryl methyl sites for hydroxylation is 2. The second kappa shape index (κ2) is 6.68. The Morgan fingerprint density at radius 1 is 1.27 bits per heavy atom. The number of benzene rings is 1. The molecule has 1 fully saturated rings. The van der Waals surface area contributed by atoms with Crippen molar-refractivity contribution >= 4 is 22.6 Å². The smallest absolute Gasteiger partial charge is 0.253 e. The summed E-state index contributed by atoms with van der Waals surface area (Å²) in [5.41, 5.74) is 3.42. The Bertz CT molecular complexity index is 1170. The topological polar surface area (TPSA) is 93.1 Å². The zero-order valence-corrected chi connectivity index (χ0v) is 17.5. The molecule has 0 aliphatic carbocycles. The monoisotopic (exact) mass is 407 g/mol. The summed E-state index contributed by atoms with van der Waals surface area (Å²) in [5, 5.41) is 12.4. The molecule has 2 aliphatic rings. The molecule has 3 aromatic rings. The molecule has 8 nitrogen and oxygen atoms in total. The number of aromatic nitrogens is 4. The predicted octanol–water partition coefficient (Wildman–Crippen LogP) is 3.04. The van der Waals surface area contributed by atoms with E-state index in [0.717, 1.165) is 22.2 Å². The fourth-order valence-electron chi connectivity index (χ4n) is 4.71.